The average molecular weight is 318 g/mol. The quantitative estimate of drug-likeness (QED) is 0.498. The SMILES string of the molecule is O=C(O)c1cccc(-c2ccc(CNCCCNCCO)o2)c1. The van der Waals surface area contributed by atoms with Crippen LogP contribution in [-0.4, -0.2) is 42.4 Å². The molecule has 0 radical (unpaired) electrons. The standard InChI is InChI=1S/C17H22N2O4/c20-10-9-18-7-2-8-19-12-15-5-6-16(23-15)13-3-1-4-14(11-13)17(21)22/h1,3-6,11,18-20H,2,7-10,12H2,(H,21,22). The minimum absolute atomic E-state index is 0.158. The fourth-order valence-electron chi connectivity index (χ4n) is 2.19. The summed E-state index contributed by atoms with van der Waals surface area (Å²) in [5.74, 6) is 0.522. The van der Waals surface area contributed by atoms with Crippen LogP contribution in [0.2, 0.25) is 0 Å². The maximum absolute atomic E-state index is 11.0. The van der Waals surface area contributed by atoms with Crippen molar-refractivity contribution in [1.82, 2.24) is 10.6 Å². The molecule has 0 bridgehead atoms. The first-order valence-corrected chi connectivity index (χ1v) is 7.65. The predicted molar refractivity (Wildman–Crippen MR) is 87.4 cm³/mol. The van der Waals surface area contributed by atoms with Gasteiger partial charge in [-0.3, -0.25) is 0 Å². The fourth-order valence-corrected chi connectivity index (χ4v) is 2.19. The van der Waals surface area contributed by atoms with Crippen molar-refractivity contribution >= 4 is 5.97 Å². The molecule has 2 rings (SSSR count). The lowest BCUT2D eigenvalue weighted by atomic mass is 10.1. The molecule has 4 N–H and O–H groups in total. The zero-order valence-corrected chi connectivity index (χ0v) is 12.9. The minimum Gasteiger partial charge on any atom is -0.478 e. The highest BCUT2D eigenvalue weighted by atomic mass is 16.4. The van der Waals surface area contributed by atoms with Gasteiger partial charge in [0, 0.05) is 12.1 Å². The maximum atomic E-state index is 11.0. The van der Waals surface area contributed by atoms with Gasteiger partial charge >= 0.3 is 5.97 Å². The van der Waals surface area contributed by atoms with Gasteiger partial charge in [0.05, 0.1) is 18.7 Å². The summed E-state index contributed by atoms with van der Waals surface area (Å²) in [5, 5.41) is 24.1. The van der Waals surface area contributed by atoms with Crippen molar-refractivity contribution in [2.75, 3.05) is 26.2 Å². The molecule has 2 aromatic rings. The van der Waals surface area contributed by atoms with Gasteiger partial charge < -0.3 is 25.3 Å². The van der Waals surface area contributed by atoms with Gasteiger partial charge in [0.2, 0.25) is 0 Å². The number of hydrogen-bond donors (Lipinski definition) is 4. The van der Waals surface area contributed by atoms with Crippen LogP contribution in [0.25, 0.3) is 11.3 Å². The lowest BCUT2D eigenvalue weighted by Crippen LogP contribution is -2.23. The van der Waals surface area contributed by atoms with Crippen molar-refractivity contribution in [1.29, 1.82) is 0 Å². The Morgan fingerprint density at radius 3 is 2.70 bits per heavy atom. The molecule has 0 saturated heterocycles. The van der Waals surface area contributed by atoms with Crippen molar-refractivity contribution < 1.29 is 19.4 Å². The Balaban J connectivity index is 1.81. The summed E-state index contributed by atoms with van der Waals surface area (Å²) in [6, 6.07) is 10.4. The second-order valence-electron chi connectivity index (χ2n) is 5.16. The van der Waals surface area contributed by atoms with E-state index >= 15 is 0 Å². The molecular formula is C17H22N2O4. The van der Waals surface area contributed by atoms with E-state index in [9.17, 15) is 4.79 Å². The second kappa shape index (κ2) is 9.09. The number of carbonyl (C=O) groups is 1. The molecule has 0 saturated carbocycles. The molecule has 0 spiro atoms. The van der Waals surface area contributed by atoms with Gasteiger partial charge in [0.1, 0.15) is 11.5 Å². The number of aromatic carboxylic acids is 1. The summed E-state index contributed by atoms with van der Waals surface area (Å²) in [5.41, 5.74) is 0.998. The molecule has 0 aliphatic carbocycles. The van der Waals surface area contributed by atoms with Gasteiger partial charge in [-0.25, -0.2) is 4.79 Å². The fraction of sp³-hybridized carbons (Fsp3) is 0.353. The van der Waals surface area contributed by atoms with Gasteiger partial charge in [-0.05, 0) is 43.8 Å². The molecule has 0 fully saturated rings. The summed E-state index contributed by atoms with van der Waals surface area (Å²) in [6.45, 7) is 3.11. The molecule has 0 aliphatic heterocycles. The monoisotopic (exact) mass is 318 g/mol. The van der Waals surface area contributed by atoms with Crippen molar-refractivity contribution in [2.24, 2.45) is 0 Å². The van der Waals surface area contributed by atoms with Crippen LogP contribution in [0.4, 0.5) is 0 Å². The lowest BCUT2D eigenvalue weighted by Gasteiger charge is -2.04. The highest BCUT2D eigenvalue weighted by Gasteiger charge is 2.08. The van der Waals surface area contributed by atoms with Crippen molar-refractivity contribution in [2.45, 2.75) is 13.0 Å². The van der Waals surface area contributed by atoms with Crippen LogP contribution in [0.5, 0.6) is 0 Å². The number of rotatable bonds is 10. The van der Waals surface area contributed by atoms with Gasteiger partial charge in [-0.1, -0.05) is 12.1 Å². The smallest absolute Gasteiger partial charge is 0.335 e. The van der Waals surface area contributed by atoms with Gasteiger partial charge in [-0.15, -0.1) is 0 Å². The van der Waals surface area contributed by atoms with E-state index in [1.165, 1.54) is 0 Å². The van der Waals surface area contributed by atoms with Crippen LogP contribution in [-0.2, 0) is 6.54 Å². The molecule has 6 heteroatoms. The van der Waals surface area contributed by atoms with E-state index in [1.807, 2.05) is 18.2 Å². The topological polar surface area (TPSA) is 94.7 Å². The van der Waals surface area contributed by atoms with Crippen LogP contribution in [0.15, 0.2) is 40.8 Å². The van der Waals surface area contributed by atoms with Crippen LogP contribution >= 0.6 is 0 Å². The van der Waals surface area contributed by atoms with E-state index in [2.05, 4.69) is 10.6 Å². The van der Waals surface area contributed by atoms with E-state index in [1.54, 1.807) is 18.2 Å². The number of carboxylic acid groups (broad SMARTS) is 1. The first kappa shape index (κ1) is 17.2. The van der Waals surface area contributed by atoms with E-state index < -0.39 is 5.97 Å². The maximum Gasteiger partial charge on any atom is 0.335 e. The van der Waals surface area contributed by atoms with Gasteiger partial charge in [-0.2, -0.15) is 0 Å². The minimum atomic E-state index is -0.949. The molecule has 6 nitrogen and oxygen atoms in total. The summed E-state index contributed by atoms with van der Waals surface area (Å²) >= 11 is 0. The van der Waals surface area contributed by atoms with E-state index in [4.69, 9.17) is 14.6 Å². The van der Waals surface area contributed by atoms with Crippen molar-refractivity contribution in [3.63, 3.8) is 0 Å². The Bertz CT molecular complexity index is 625. The number of aliphatic hydroxyl groups excluding tert-OH is 1. The number of benzene rings is 1. The third kappa shape index (κ3) is 5.52. The van der Waals surface area contributed by atoms with E-state index in [0.717, 1.165) is 30.8 Å². The van der Waals surface area contributed by atoms with Crippen LogP contribution in [0.3, 0.4) is 0 Å². The molecule has 124 valence electrons. The Morgan fingerprint density at radius 1 is 1.09 bits per heavy atom. The largest absolute Gasteiger partial charge is 0.478 e. The van der Waals surface area contributed by atoms with Crippen molar-refractivity contribution in [3.8, 4) is 11.3 Å². The number of carboxylic acids is 1. The third-order valence-corrected chi connectivity index (χ3v) is 3.35. The first-order valence-electron chi connectivity index (χ1n) is 7.65. The number of nitrogens with one attached hydrogen (secondary N) is 2. The summed E-state index contributed by atoms with van der Waals surface area (Å²) in [6.07, 6.45) is 0.966. The first-order chi connectivity index (χ1) is 11.2. The highest BCUT2D eigenvalue weighted by Crippen LogP contribution is 2.23. The molecule has 1 heterocycles. The van der Waals surface area contributed by atoms with Crippen LogP contribution < -0.4 is 10.6 Å². The Labute approximate surface area is 135 Å². The zero-order valence-electron chi connectivity index (χ0n) is 12.9. The lowest BCUT2D eigenvalue weighted by molar-refractivity contribution is 0.0697. The molecular weight excluding hydrogens is 296 g/mol. The number of furan rings is 1. The Kier molecular flexibility index (Phi) is 6.80. The molecule has 0 unspecified atom stereocenters. The van der Waals surface area contributed by atoms with E-state index in [-0.39, 0.29) is 12.2 Å². The molecule has 0 amide bonds. The summed E-state index contributed by atoms with van der Waals surface area (Å²) < 4.78 is 5.75. The number of hydrogen-bond acceptors (Lipinski definition) is 5. The molecule has 23 heavy (non-hydrogen) atoms. The third-order valence-electron chi connectivity index (χ3n) is 3.35. The molecule has 0 aliphatic rings. The molecule has 0 atom stereocenters. The Morgan fingerprint density at radius 2 is 1.91 bits per heavy atom. The van der Waals surface area contributed by atoms with Gasteiger partial charge in [0.25, 0.3) is 0 Å². The van der Waals surface area contributed by atoms with E-state index in [0.29, 0.717) is 18.8 Å². The van der Waals surface area contributed by atoms with Crippen LogP contribution in [0.1, 0.15) is 22.5 Å². The Hall–Kier alpha value is -2.15. The summed E-state index contributed by atoms with van der Waals surface area (Å²) in [4.78, 5) is 11.0. The highest BCUT2D eigenvalue weighted by molar-refractivity contribution is 5.89. The molecule has 1 aromatic heterocycles. The summed E-state index contributed by atoms with van der Waals surface area (Å²) in [7, 11) is 0. The predicted octanol–water partition coefficient (Wildman–Crippen LogP) is 1.71. The second-order valence-corrected chi connectivity index (χ2v) is 5.16. The number of aliphatic hydroxyl groups is 1. The average Bonchev–Trinajstić information content (AvgIpc) is 3.03. The zero-order chi connectivity index (χ0) is 16.5. The van der Waals surface area contributed by atoms with Crippen LogP contribution in [0, 0.1) is 0 Å². The normalized spacial score (nSPS) is 10.8. The van der Waals surface area contributed by atoms with Crippen molar-refractivity contribution in [3.05, 3.63) is 47.7 Å². The molecule has 1 aromatic carbocycles. The van der Waals surface area contributed by atoms with Gasteiger partial charge in [0.15, 0.2) is 0 Å².